The minimum Gasteiger partial charge on any atom is -0.497 e. The average molecular weight is 272 g/mol. The molecule has 1 saturated heterocycles. The lowest BCUT2D eigenvalue weighted by atomic mass is 9.64. The summed E-state index contributed by atoms with van der Waals surface area (Å²) >= 11 is 0. The Morgan fingerprint density at radius 2 is 1.85 bits per heavy atom. The first-order valence-corrected chi connectivity index (χ1v) is 7.55. The van der Waals surface area contributed by atoms with Crippen molar-refractivity contribution in [2.24, 2.45) is 23.7 Å². The summed E-state index contributed by atoms with van der Waals surface area (Å²) in [4.78, 5) is 0. The van der Waals surface area contributed by atoms with Gasteiger partial charge < -0.3 is 9.47 Å². The lowest BCUT2D eigenvalue weighted by Gasteiger charge is -2.47. The molecule has 0 radical (unpaired) electrons. The van der Waals surface area contributed by atoms with Crippen LogP contribution in [0.4, 0.5) is 0 Å². The molecule has 1 fully saturated rings. The Morgan fingerprint density at radius 1 is 1.15 bits per heavy atom. The van der Waals surface area contributed by atoms with Crippen LogP contribution >= 0.6 is 0 Å². The highest BCUT2D eigenvalue weighted by Crippen LogP contribution is 2.49. The minimum absolute atomic E-state index is 0.191. The Hall–Kier alpha value is -1.28. The molecule has 2 heteroatoms. The van der Waals surface area contributed by atoms with Gasteiger partial charge in [0, 0.05) is 5.92 Å². The molecule has 1 aromatic rings. The van der Waals surface area contributed by atoms with Gasteiger partial charge in [-0.3, -0.25) is 0 Å². The Bertz CT molecular complexity index is 503. The van der Waals surface area contributed by atoms with E-state index >= 15 is 0 Å². The third-order valence-electron chi connectivity index (χ3n) is 5.21. The molecule has 5 atom stereocenters. The van der Waals surface area contributed by atoms with Crippen molar-refractivity contribution < 1.29 is 9.47 Å². The van der Waals surface area contributed by atoms with E-state index in [2.05, 4.69) is 39.0 Å². The van der Waals surface area contributed by atoms with Gasteiger partial charge in [-0.25, -0.2) is 0 Å². The number of ether oxygens (including phenoxy) is 2. The van der Waals surface area contributed by atoms with Gasteiger partial charge in [-0.1, -0.05) is 37.6 Å². The zero-order valence-electron chi connectivity index (χ0n) is 12.8. The molecular formula is C18H24O2. The average Bonchev–Trinajstić information content (AvgIpc) is 2.45. The van der Waals surface area contributed by atoms with E-state index in [4.69, 9.17) is 9.47 Å². The lowest BCUT2D eigenvalue weighted by Crippen LogP contribution is -2.42. The highest BCUT2D eigenvalue weighted by Gasteiger charge is 2.43. The predicted molar refractivity (Wildman–Crippen MR) is 80.8 cm³/mol. The molecule has 1 aromatic carbocycles. The molecular weight excluding hydrogens is 248 g/mol. The van der Waals surface area contributed by atoms with Crippen LogP contribution in [-0.2, 0) is 4.74 Å². The molecule has 2 nitrogen and oxygen atoms in total. The molecule has 108 valence electrons. The van der Waals surface area contributed by atoms with Crippen molar-refractivity contribution in [2.45, 2.75) is 26.9 Å². The summed E-state index contributed by atoms with van der Waals surface area (Å²) in [6, 6.07) is 8.34. The fourth-order valence-electron chi connectivity index (χ4n) is 4.04. The maximum atomic E-state index is 6.23. The molecule has 20 heavy (non-hydrogen) atoms. The quantitative estimate of drug-likeness (QED) is 0.750. The van der Waals surface area contributed by atoms with Crippen LogP contribution in [0, 0.1) is 23.7 Å². The highest BCUT2D eigenvalue weighted by atomic mass is 16.5. The monoisotopic (exact) mass is 272 g/mol. The molecule has 2 bridgehead atoms. The molecule has 1 aliphatic carbocycles. The third kappa shape index (κ3) is 2.16. The first-order valence-electron chi connectivity index (χ1n) is 7.55. The predicted octanol–water partition coefficient (Wildman–Crippen LogP) is 4.23. The van der Waals surface area contributed by atoms with Gasteiger partial charge in [0.2, 0.25) is 0 Å². The van der Waals surface area contributed by atoms with Gasteiger partial charge in [0.1, 0.15) is 5.75 Å². The summed E-state index contributed by atoms with van der Waals surface area (Å²) in [7, 11) is 1.70. The Morgan fingerprint density at radius 3 is 2.50 bits per heavy atom. The Kier molecular flexibility index (Phi) is 3.59. The second-order valence-electron chi connectivity index (χ2n) is 6.35. The summed E-state index contributed by atoms with van der Waals surface area (Å²) in [5, 5.41) is 0. The summed E-state index contributed by atoms with van der Waals surface area (Å²) in [6.45, 7) is 7.84. The molecule has 0 N–H and O–H groups in total. The normalized spacial score (nSPS) is 36.4. The van der Waals surface area contributed by atoms with Crippen LogP contribution in [-0.4, -0.2) is 13.7 Å². The summed E-state index contributed by atoms with van der Waals surface area (Å²) in [5.74, 6) is 3.41. The van der Waals surface area contributed by atoms with Gasteiger partial charge >= 0.3 is 0 Å². The maximum Gasteiger partial charge on any atom is 0.118 e. The van der Waals surface area contributed by atoms with E-state index in [1.807, 2.05) is 12.1 Å². The standard InChI is InChI=1S/C18H24O2/c1-11-9-12(2)17-13(3)16(11)10-20-18(17)14-5-7-15(19-4)8-6-14/h5-9,11,13,16-18H,10H2,1-4H3/t11-,13-,16-,17+,18-/m1/s1. The molecule has 1 heterocycles. The van der Waals surface area contributed by atoms with E-state index in [9.17, 15) is 0 Å². The van der Waals surface area contributed by atoms with Crippen molar-refractivity contribution in [2.75, 3.05) is 13.7 Å². The van der Waals surface area contributed by atoms with Crippen LogP contribution in [0.25, 0.3) is 0 Å². The van der Waals surface area contributed by atoms with Crippen molar-refractivity contribution in [1.82, 2.24) is 0 Å². The number of hydrogen-bond donors (Lipinski definition) is 0. The van der Waals surface area contributed by atoms with E-state index in [1.54, 1.807) is 7.11 Å². The van der Waals surface area contributed by atoms with Gasteiger partial charge in [0.05, 0.1) is 19.8 Å². The van der Waals surface area contributed by atoms with Crippen LogP contribution in [0.1, 0.15) is 32.4 Å². The van der Waals surface area contributed by atoms with E-state index in [0.29, 0.717) is 23.7 Å². The van der Waals surface area contributed by atoms with Crippen LogP contribution in [0.3, 0.4) is 0 Å². The zero-order valence-corrected chi connectivity index (χ0v) is 12.8. The van der Waals surface area contributed by atoms with Crippen molar-refractivity contribution in [3.63, 3.8) is 0 Å². The minimum atomic E-state index is 0.191. The summed E-state index contributed by atoms with van der Waals surface area (Å²) in [6.07, 6.45) is 2.64. The number of fused-ring (bicyclic) bond motifs is 2. The van der Waals surface area contributed by atoms with Crippen LogP contribution in [0.2, 0.25) is 0 Å². The second-order valence-corrected chi connectivity index (χ2v) is 6.35. The van der Waals surface area contributed by atoms with Crippen molar-refractivity contribution in [3.8, 4) is 5.75 Å². The fraction of sp³-hybridized carbons (Fsp3) is 0.556. The van der Waals surface area contributed by atoms with E-state index in [0.717, 1.165) is 12.4 Å². The topological polar surface area (TPSA) is 18.5 Å². The molecule has 0 unspecified atom stereocenters. The molecule has 0 spiro atoms. The molecule has 0 amide bonds. The first-order chi connectivity index (χ1) is 9.61. The van der Waals surface area contributed by atoms with Crippen LogP contribution < -0.4 is 4.74 Å². The van der Waals surface area contributed by atoms with E-state index < -0.39 is 0 Å². The van der Waals surface area contributed by atoms with Crippen LogP contribution in [0.15, 0.2) is 35.9 Å². The third-order valence-corrected chi connectivity index (χ3v) is 5.21. The van der Waals surface area contributed by atoms with Gasteiger partial charge in [-0.2, -0.15) is 0 Å². The lowest BCUT2D eigenvalue weighted by molar-refractivity contribution is -0.0934. The van der Waals surface area contributed by atoms with Crippen molar-refractivity contribution in [1.29, 1.82) is 0 Å². The number of rotatable bonds is 2. The van der Waals surface area contributed by atoms with Gasteiger partial charge in [-0.15, -0.1) is 0 Å². The van der Waals surface area contributed by atoms with Crippen molar-refractivity contribution in [3.05, 3.63) is 41.5 Å². The molecule has 3 rings (SSSR count). The van der Waals surface area contributed by atoms with Gasteiger partial charge in [-0.05, 0) is 42.4 Å². The SMILES string of the molecule is COc1ccc([C@H]2OC[C@H]3[C@@H](C)[C@@H]2C(C)=C[C@H]3C)cc1. The van der Waals surface area contributed by atoms with Gasteiger partial charge in [0.25, 0.3) is 0 Å². The fourth-order valence-corrected chi connectivity index (χ4v) is 4.04. The Labute approximate surface area is 121 Å². The number of methoxy groups -OCH3 is 1. The first kappa shape index (κ1) is 13.7. The number of benzene rings is 1. The summed E-state index contributed by atoms with van der Waals surface area (Å²) < 4.78 is 11.5. The van der Waals surface area contributed by atoms with Crippen molar-refractivity contribution >= 4 is 0 Å². The zero-order chi connectivity index (χ0) is 14.3. The molecule has 2 aliphatic rings. The van der Waals surface area contributed by atoms with Gasteiger partial charge in [0.15, 0.2) is 0 Å². The maximum absolute atomic E-state index is 6.23. The number of allylic oxidation sites excluding steroid dienone is 1. The molecule has 0 aromatic heterocycles. The number of hydrogen-bond acceptors (Lipinski definition) is 2. The smallest absolute Gasteiger partial charge is 0.118 e. The second kappa shape index (κ2) is 5.25. The Balaban J connectivity index is 1.92. The van der Waals surface area contributed by atoms with E-state index in [1.165, 1.54) is 11.1 Å². The van der Waals surface area contributed by atoms with E-state index in [-0.39, 0.29) is 6.10 Å². The summed E-state index contributed by atoms with van der Waals surface area (Å²) in [5.41, 5.74) is 2.75. The largest absolute Gasteiger partial charge is 0.497 e. The molecule has 0 saturated carbocycles. The molecule has 1 aliphatic heterocycles. The van der Waals surface area contributed by atoms with Crippen LogP contribution in [0.5, 0.6) is 5.75 Å². The highest BCUT2D eigenvalue weighted by molar-refractivity contribution is 5.31.